The minimum atomic E-state index is -0.774. The van der Waals surface area contributed by atoms with Crippen molar-refractivity contribution in [3.8, 4) is 0 Å². The lowest BCUT2D eigenvalue weighted by molar-refractivity contribution is -0.141. The Hall–Kier alpha value is -4.67. The van der Waals surface area contributed by atoms with Crippen molar-refractivity contribution >= 4 is 46.2 Å². The van der Waals surface area contributed by atoms with Gasteiger partial charge in [0.25, 0.3) is 11.8 Å². The number of amides is 4. The van der Waals surface area contributed by atoms with Crippen molar-refractivity contribution < 1.29 is 23.6 Å². The topological polar surface area (TPSA) is 128 Å². The van der Waals surface area contributed by atoms with Gasteiger partial charge in [0.05, 0.1) is 6.54 Å². The van der Waals surface area contributed by atoms with Crippen molar-refractivity contribution in [1.82, 2.24) is 20.0 Å². The minimum absolute atomic E-state index is 0.0266. The number of carbonyl (C=O) groups excluding carboxylic acids is 4. The zero-order valence-corrected chi connectivity index (χ0v) is 25.8. The third-order valence-electron chi connectivity index (χ3n) is 8.17. The van der Waals surface area contributed by atoms with Crippen LogP contribution in [0.25, 0.3) is 11.0 Å². The second-order valence-corrected chi connectivity index (χ2v) is 11.8. The molecule has 11 heteroatoms. The fraction of sp³-hybridized carbons (Fsp3) is 0.424. The first-order valence-corrected chi connectivity index (χ1v) is 15.2. The van der Waals surface area contributed by atoms with Crippen molar-refractivity contribution in [2.45, 2.75) is 58.0 Å². The molecule has 2 unspecified atom stereocenters. The standard InChI is InChI=1S/C33H40N6O5/c1-21-8-7-17-39(21)29(40)20-38-16-6-5-9-27(32(38)43)35-33(34-26-14-15-28-25(19-26)18-22(2)44-28)36-30(41)23-10-12-24(13-11-23)31(42)37(3)4/h10-15,18-19,21,27H,5-9,16-17,20H2,1-4H3,(H2,34,35,36,41). The number of nitrogens with one attached hydrogen (secondary N) is 2. The molecule has 0 saturated carbocycles. The molecule has 0 radical (unpaired) electrons. The van der Waals surface area contributed by atoms with Crippen molar-refractivity contribution in [2.75, 3.05) is 39.0 Å². The van der Waals surface area contributed by atoms with E-state index in [1.165, 1.54) is 4.90 Å². The van der Waals surface area contributed by atoms with Gasteiger partial charge in [-0.15, -0.1) is 0 Å². The Morgan fingerprint density at radius 3 is 2.43 bits per heavy atom. The third-order valence-corrected chi connectivity index (χ3v) is 8.17. The van der Waals surface area contributed by atoms with Crippen LogP contribution < -0.4 is 10.6 Å². The molecule has 2 saturated heterocycles. The molecule has 0 aliphatic carbocycles. The maximum atomic E-state index is 13.7. The average Bonchev–Trinajstić information content (AvgIpc) is 3.56. The van der Waals surface area contributed by atoms with E-state index in [4.69, 9.17) is 9.41 Å². The number of hydrogen-bond acceptors (Lipinski definition) is 6. The van der Waals surface area contributed by atoms with Crippen LogP contribution in [0.4, 0.5) is 5.69 Å². The molecular weight excluding hydrogens is 560 g/mol. The highest BCUT2D eigenvalue weighted by Crippen LogP contribution is 2.23. The predicted molar refractivity (Wildman–Crippen MR) is 169 cm³/mol. The Balaban J connectivity index is 1.39. The number of rotatable bonds is 6. The molecule has 44 heavy (non-hydrogen) atoms. The summed E-state index contributed by atoms with van der Waals surface area (Å²) in [5.74, 6) is -0.000171. The number of likely N-dealkylation sites (tertiary alicyclic amines) is 2. The van der Waals surface area contributed by atoms with Gasteiger partial charge < -0.3 is 24.4 Å². The third kappa shape index (κ3) is 7.10. The molecule has 3 aromatic rings. The first-order chi connectivity index (χ1) is 21.1. The van der Waals surface area contributed by atoms with Gasteiger partial charge in [-0.3, -0.25) is 24.5 Å². The maximum Gasteiger partial charge on any atom is 0.257 e. The summed E-state index contributed by atoms with van der Waals surface area (Å²) >= 11 is 0. The molecule has 2 fully saturated rings. The summed E-state index contributed by atoms with van der Waals surface area (Å²) < 4.78 is 5.69. The summed E-state index contributed by atoms with van der Waals surface area (Å²) in [7, 11) is 3.33. The fourth-order valence-corrected chi connectivity index (χ4v) is 5.76. The molecule has 0 spiro atoms. The fourth-order valence-electron chi connectivity index (χ4n) is 5.76. The van der Waals surface area contributed by atoms with Gasteiger partial charge in [-0.25, -0.2) is 4.99 Å². The first kappa shape index (κ1) is 30.8. The average molecular weight is 601 g/mol. The molecule has 1 aromatic heterocycles. The number of nitrogens with zero attached hydrogens (tertiary/aromatic N) is 4. The highest BCUT2D eigenvalue weighted by atomic mass is 16.3. The zero-order valence-electron chi connectivity index (χ0n) is 25.8. The zero-order chi connectivity index (χ0) is 31.4. The molecule has 2 aliphatic heterocycles. The van der Waals surface area contributed by atoms with Gasteiger partial charge in [0.15, 0.2) is 0 Å². The van der Waals surface area contributed by atoms with Gasteiger partial charge >= 0.3 is 0 Å². The summed E-state index contributed by atoms with van der Waals surface area (Å²) in [6, 6.07) is 13.2. The van der Waals surface area contributed by atoms with Crippen molar-refractivity contribution in [3.05, 3.63) is 65.4 Å². The maximum absolute atomic E-state index is 13.7. The van der Waals surface area contributed by atoms with E-state index in [0.29, 0.717) is 36.3 Å². The molecular formula is C33H40N6O5. The molecule has 2 aliphatic rings. The lowest BCUT2D eigenvalue weighted by atomic mass is 10.1. The van der Waals surface area contributed by atoms with E-state index in [1.54, 1.807) is 43.3 Å². The highest BCUT2D eigenvalue weighted by molar-refractivity contribution is 6.11. The van der Waals surface area contributed by atoms with Gasteiger partial charge in [-0.2, -0.15) is 0 Å². The molecule has 3 heterocycles. The van der Waals surface area contributed by atoms with E-state index in [9.17, 15) is 19.2 Å². The van der Waals surface area contributed by atoms with Crippen LogP contribution in [0.1, 0.15) is 65.5 Å². The Morgan fingerprint density at radius 2 is 1.73 bits per heavy atom. The van der Waals surface area contributed by atoms with Crippen molar-refractivity contribution in [3.63, 3.8) is 0 Å². The molecule has 232 valence electrons. The second-order valence-electron chi connectivity index (χ2n) is 11.8. The number of aryl methyl sites for hydroxylation is 1. The molecule has 5 rings (SSSR count). The van der Waals surface area contributed by atoms with E-state index in [-0.39, 0.29) is 36.3 Å². The second kappa shape index (κ2) is 13.3. The van der Waals surface area contributed by atoms with Crippen LogP contribution >= 0.6 is 0 Å². The summed E-state index contributed by atoms with van der Waals surface area (Å²) in [4.78, 5) is 62.1. The number of aliphatic imine (C=N–C) groups is 1. The number of guanidine groups is 1. The quantitative estimate of drug-likeness (QED) is 0.325. The summed E-state index contributed by atoms with van der Waals surface area (Å²) in [6.45, 7) is 5.14. The van der Waals surface area contributed by atoms with Gasteiger partial charge in [-0.05, 0) is 94.5 Å². The van der Waals surface area contributed by atoms with Gasteiger partial charge in [0.2, 0.25) is 17.8 Å². The molecule has 2 aromatic carbocycles. The van der Waals surface area contributed by atoms with E-state index in [2.05, 4.69) is 10.6 Å². The van der Waals surface area contributed by atoms with Crippen LogP contribution in [0.3, 0.4) is 0 Å². The SMILES string of the molecule is Cc1cc2cc(NC(=NC3CCCCN(CC(=O)N4CCCC4C)C3=O)NC(=O)c3ccc(C(=O)N(C)C)cc3)ccc2o1. The number of benzene rings is 2. The molecule has 4 amide bonds. The van der Waals surface area contributed by atoms with Crippen LogP contribution in [0.5, 0.6) is 0 Å². The van der Waals surface area contributed by atoms with E-state index >= 15 is 0 Å². The predicted octanol–water partition coefficient (Wildman–Crippen LogP) is 4.03. The lowest BCUT2D eigenvalue weighted by Gasteiger charge is -2.27. The molecule has 2 N–H and O–H groups in total. The monoisotopic (exact) mass is 600 g/mol. The van der Waals surface area contributed by atoms with Crippen molar-refractivity contribution in [2.24, 2.45) is 4.99 Å². The van der Waals surface area contributed by atoms with E-state index < -0.39 is 11.9 Å². The first-order valence-electron chi connectivity index (χ1n) is 15.2. The van der Waals surface area contributed by atoms with Gasteiger partial charge in [0.1, 0.15) is 17.4 Å². The van der Waals surface area contributed by atoms with Crippen LogP contribution in [0.15, 0.2) is 57.9 Å². The number of carbonyl (C=O) groups is 4. The van der Waals surface area contributed by atoms with Crippen molar-refractivity contribution in [1.29, 1.82) is 0 Å². The smallest absolute Gasteiger partial charge is 0.257 e. The summed E-state index contributed by atoms with van der Waals surface area (Å²) in [5, 5.41) is 6.91. The Kier molecular flexibility index (Phi) is 9.32. The summed E-state index contributed by atoms with van der Waals surface area (Å²) in [6.07, 6.45) is 3.96. The van der Waals surface area contributed by atoms with Gasteiger partial charge in [0, 0.05) is 55.4 Å². The van der Waals surface area contributed by atoms with Crippen LogP contribution in [0.2, 0.25) is 0 Å². The van der Waals surface area contributed by atoms with Crippen LogP contribution in [-0.4, -0.2) is 90.1 Å². The minimum Gasteiger partial charge on any atom is -0.461 e. The summed E-state index contributed by atoms with van der Waals surface area (Å²) in [5.41, 5.74) is 2.18. The van der Waals surface area contributed by atoms with E-state index in [1.807, 2.05) is 43.0 Å². The number of furan rings is 1. The Labute approximate surface area is 257 Å². The van der Waals surface area contributed by atoms with Crippen LogP contribution in [-0.2, 0) is 9.59 Å². The molecule has 2 atom stereocenters. The normalized spacial score (nSPS) is 19.2. The Bertz CT molecular complexity index is 1580. The lowest BCUT2D eigenvalue weighted by Crippen LogP contribution is -2.47. The Morgan fingerprint density at radius 1 is 0.977 bits per heavy atom. The molecule has 11 nitrogen and oxygen atoms in total. The number of fused-ring (bicyclic) bond motifs is 1. The highest BCUT2D eigenvalue weighted by Gasteiger charge is 2.32. The molecule has 0 bridgehead atoms. The van der Waals surface area contributed by atoms with Gasteiger partial charge in [-0.1, -0.05) is 0 Å². The number of hydrogen-bond donors (Lipinski definition) is 2. The number of anilines is 1. The van der Waals surface area contributed by atoms with Crippen LogP contribution in [0, 0.1) is 6.92 Å². The van der Waals surface area contributed by atoms with E-state index in [0.717, 1.165) is 42.4 Å². The largest absolute Gasteiger partial charge is 0.461 e.